The maximum Gasteiger partial charge on any atom is 0.306 e. The average molecular weight is 839 g/mol. The first-order valence-corrected chi connectivity index (χ1v) is 25.3. The van der Waals surface area contributed by atoms with Gasteiger partial charge in [-0.2, -0.15) is 0 Å². The van der Waals surface area contributed by atoms with E-state index >= 15 is 0 Å². The Morgan fingerprint density at radius 3 is 1.08 bits per heavy atom. The van der Waals surface area contributed by atoms with Gasteiger partial charge in [-0.25, -0.2) is 0 Å². The van der Waals surface area contributed by atoms with Crippen molar-refractivity contribution in [1.82, 2.24) is 0 Å². The number of ether oxygens (including phenoxy) is 3. The number of hydrogen-bond donors (Lipinski definition) is 0. The summed E-state index contributed by atoms with van der Waals surface area (Å²) in [6.07, 6.45) is 59.3. The smallest absolute Gasteiger partial charge is 0.306 e. The normalized spacial score (nSPS) is 12.5. The lowest BCUT2D eigenvalue weighted by atomic mass is 10.1. The molecule has 6 nitrogen and oxygen atoms in total. The van der Waals surface area contributed by atoms with Gasteiger partial charge in [0.1, 0.15) is 13.2 Å². The summed E-state index contributed by atoms with van der Waals surface area (Å²) in [5.74, 6) is -0.970. The molecular formula is C54H94O6. The molecule has 0 aliphatic heterocycles. The highest BCUT2D eigenvalue weighted by molar-refractivity contribution is 5.71. The largest absolute Gasteiger partial charge is 0.462 e. The second kappa shape index (κ2) is 48.8. The molecule has 0 aliphatic carbocycles. The van der Waals surface area contributed by atoms with Crippen LogP contribution in [0.2, 0.25) is 0 Å². The van der Waals surface area contributed by atoms with Crippen LogP contribution >= 0.6 is 0 Å². The molecule has 0 aromatic heterocycles. The third-order valence-corrected chi connectivity index (χ3v) is 10.8. The molecule has 0 fully saturated rings. The lowest BCUT2D eigenvalue weighted by Crippen LogP contribution is -2.30. The average Bonchev–Trinajstić information content (AvgIpc) is 3.24. The Kier molecular flexibility index (Phi) is 46.4. The zero-order chi connectivity index (χ0) is 43.7. The number of unbranched alkanes of at least 4 members (excludes halogenated alkanes) is 24. The maximum absolute atomic E-state index is 12.7. The molecule has 346 valence electrons. The van der Waals surface area contributed by atoms with Crippen molar-refractivity contribution >= 4 is 17.9 Å². The van der Waals surface area contributed by atoms with E-state index in [-0.39, 0.29) is 37.5 Å². The number of allylic oxidation sites excluding steroid dienone is 10. The second-order valence-corrected chi connectivity index (χ2v) is 16.7. The van der Waals surface area contributed by atoms with E-state index in [1.807, 2.05) is 6.08 Å². The van der Waals surface area contributed by atoms with E-state index in [2.05, 4.69) is 75.5 Å². The van der Waals surface area contributed by atoms with Crippen molar-refractivity contribution in [2.24, 2.45) is 0 Å². The van der Waals surface area contributed by atoms with Gasteiger partial charge < -0.3 is 14.2 Å². The van der Waals surface area contributed by atoms with Crippen LogP contribution in [-0.4, -0.2) is 37.2 Å². The summed E-state index contributed by atoms with van der Waals surface area (Å²) in [4.78, 5) is 37.8. The minimum absolute atomic E-state index is 0.0967. The Morgan fingerprint density at radius 2 is 0.683 bits per heavy atom. The first-order valence-electron chi connectivity index (χ1n) is 25.3. The molecule has 1 atom stereocenters. The Hall–Kier alpha value is -2.89. The summed E-state index contributed by atoms with van der Waals surface area (Å²) in [5.41, 5.74) is 0. The lowest BCUT2D eigenvalue weighted by molar-refractivity contribution is -0.166. The summed E-state index contributed by atoms with van der Waals surface area (Å²) in [6.45, 7) is 6.46. The van der Waals surface area contributed by atoms with Crippen molar-refractivity contribution in [2.75, 3.05) is 13.2 Å². The standard InChI is InChI=1S/C54H94O6/c1-4-7-10-13-16-19-22-24-25-26-27-28-29-31-32-35-38-41-44-47-53(56)59-50-51(49-58-52(55)46-43-40-37-34-21-18-15-12-9-6-3)60-54(57)48-45-42-39-36-33-30-23-20-17-14-11-8-5-2/h7,10,16,19,24-25,30,33,39,42,51H,4-6,8-9,11-15,17-18,20-23,26-29,31-32,34-38,40-41,43-50H2,1-3H3/b10-7-,19-16-,25-24-,33-30-,42-39-. The quantitative estimate of drug-likeness (QED) is 0.0263. The molecule has 0 saturated carbocycles. The third-order valence-electron chi connectivity index (χ3n) is 10.8. The monoisotopic (exact) mass is 839 g/mol. The molecule has 6 heteroatoms. The predicted octanol–water partition coefficient (Wildman–Crippen LogP) is 16.5. The Balaban J connectivity index is 4.37. The van der Waals surface area contributed by atoms with Crippen molar-refractivity contribution in [1.29, 1.82) is 0 Å². The lowest BCUT2D eigenvalue weighted by Gasteiger charge is -2.18. The number of esters is 3. The molecule has 0 heterocycles. The SMILES string of the molecule is CC/C=C\C/C=C\C/C=C\CCCCCCCCCCCC(=O)OCC(COC(=O)CCCCCCCCCCCC)OC(=O)CC/C=C\C/C=C\CCCCCCCC. The molecule has 0 aromatic rings. The van der Waals surface area contributed by atoms with Crippen LogP contribution in [-0.2, 0) is 28.6 Å². The van der Waals surface area contributed by atoms with Crippen LogP contribution in [0.25, 0.3) is 0 Å². The Morgan fingerprint density at radius 1 is 0.350 bits per heavy atom. The zero-order valence-corrected chi connectivity index (χ0v) is 39.5. The van der Waals surface area contributed by atoms with Gasteiger partial charge in [0.15, 0.2) is 6.10 Å². The Bertz CT molecular complexity index is 1100. The van der Waals surface area contributed by atoms with E-state index in [1.165, 1.54) is 128 Å². The fraction of sp³-hybridized carbons (Fsp3) is 0.759. The molecule has 0 spiro atoms. The van der Waals surface area contributed by atoms with Gasteiger partial charge in [-0.15, -0.1) is 0 Å². The molecule has 0 aliphatic rings. The van der Waals surface area contributed by atoms with Gasteiger partial charge in [0, 0.05) is 19.3 Å². The van der Waals surface area contributed by atoms with Gasteiger partial charge in [0.25, 0.3) is 0 Å². The summed E-state index contributed by atoms with van der Waals surface area (Å²) < 4.78 is 16.7. The molecule has 0 radical (unpaired) electrons. The molecule has 60 heavy (non-hydrogen) atoms. The van der Waals surface area contributed by atoms with E-state index in [4.69, 9.17) is 14.2 Å². The third kappa shape index (κ3) is 46.2. The van der Waals surface area contributed by atoms with Gasteiger partial charge in [-0.1, -0.05) is 216 Å². The highest BCUT2D eigenvalue weighted by Gasteiger charge is 2.19. The minimum atomic E-state index is -0.803. The number of carbonyl (C=O) groups excluding carboxylic acids is 3. The van der Waals surface area contributed by atoms with Gasteiger partial charge in [-0.3, -0.25) is 14.4 Å². The molecule has 1 unspecified atom stereocenters. The molecular weight excluding hydrogens is 745 g/mol. The van der Waals surface area contributed by atoms with Crippen molar-refractivity contribution in [3.8, 4) is 0 Å². The summed E-state index contributed by atoms with van der Waals surface area (Å²) in [5, 5.41) is 0. The van der Waals surface area contributed by atoms with Crippen LogP contribution < -0.4 is 0 Å². The van der Waals surface area contributed by atoms with Crippen LogP contribution in [0.5, 0.6) is 0 Å². The van der Waals surface area contributed by atoms with Gasteiger partial charge in [-0.05, 0) is 70.6 Å². The highest BCUT2D eigenvalue weighted by Crippen LogP contribution is 2.14. The maximum atomic E-state index is 12.7. The highest BCUT2D eigenvalue weighted by atomic mass is 16.6. The number of hydrogen-bond acceptors (Lipinski definition) is 6. The van der Waals surface area contributed by atoms with E-state index in [0.717, 1.165) is 70.6 Å². The van der Waals surface area contributed by atoms with E-state index in [1.54, 1.807) is 0 Å². The molecule has 0 amide bonds. The van der Waals surface area contributed by atoms with Crippen molar-refractivity contribution in [3.05, 3.63) is 60.8 Å². The summed E-state index contributed by atoms with van der Waals surface area (Å²) in [6, 6.07) is 0. The fourth-order valence-corrected chi connectivity index (χ4v) is 6.98. The summed E-state index contributed by atoms with van der Waals surface area (Å²) >= 11 is 0. The second-order valence-electron chi connectivity index (χ2n) is 16.7. The first kappa shape index (κ1) is 57.1. The topological polar surface area (TPSA) is 78.9 Å². The van der Waals surface area contributed by atoms with E-state index in [0.29, 0.717) is 19.3 Å². The van der Waals surface area contributed by atoms with Gasteiger partial charge in [0.2, 0.25) is 0 Å². The predicted molar refractivity (Wildman–Crippen MR) is 256 cm³/mol. The van der Waals surface area contributed by atoms with Crippen molar-refractivity contribution < 1.29 is 28.6 Å². The zero-order valence-electron chi connectivity index (χ0n) is 39.5. The summed E-state index contributed by atoms with van der Waals surface area (Å²) in [7, 11) is 0. The van der Waals surface area contributed by atoms with Crippen LogP contribution in [0.4, 0.5) is 0 Å². The number of rotatable bonds is 45. The molecule has 0 rings (SSSR count). The van der Waals surface area contributed by atoms with Crippen LogP contribution in [0.1, 0.15) is 245 Å². The van der Waals surface area contributed by atoms with E-state index < -0.39 is 6.10 Å². The minimum Gasteiger partial charge on any atom is -0.462 e. The molecule has 0 aromatic carbocycles. The van der Waals surface area contributed by atoms with Crippen molar-refractivity contribution in [2.45, 2.75) is 252 Å². The molecule has 0 bridgehead atoms. The molecule has 0 N–H and O–H groups in total. The Labute approximate surface area is 370 Å². The first-order chi connectivity index (χ1) is 29.5. The van der Waals surface area contributed by atoms with Crippen LogP contribution in [0.3, 0.4) is 0 Å². The van der Waals surface area contributed by atoms with Gasteiger partial charge >= 0.3 is 17.9 Å². The fourth-order valence-electron chi connectivity index (χ4n) is 6.98. The number of carbonyl (C=O) groups is 3. The van der Waals surface area contributed by atoms with Crippen molar-refractivity contribution in [3.63, 3.8) is 0 Å². The molecule has 0 saturated heterocycles. The van der Waals surface area contributed by atoms with Gasteiger partial charge in [0.05, 0.1) is 0 Å². The van der Waals surface area contributed by atoms with Crippen LogP contribution in [0, 0.1) is 0 Å². The van der Waals surface area contributed by atoms with Crippen LogP contribution in [0.15, 0.2) is 60.8 Å². The van der Waals surface area contributed by atoms with E-state index in [9.17, 15) is 14.4 Å².